The van der Waals surface area contributed by atoms with E-state index in [1.54, 1.807) is 5.38 Å². The maximum Gasteiger partial charge on any atom is 0.410 e. The van der Waals surface area contributed by atoms with Crippen molar-refractivity contribution in [3.63, 3.8) is 0 Å². The minimum absolute atomic E-state index is 0.331. The number of aromatic nitrogens is 1. The molecule has 0 saturated heterocycles. The Morgan fingerprint density at radius 1 is 1.91 bits per heavy atom. The van der Waals surface area contributed by atoms with E-state index in [1.807, 2.05) is 0 Å². The van der Waals surface area contributed by atoms with Crippen LogP contribution in [0.5, 0.6) is 0 Å². The van der Waals surface area contributed by atoms with Crippen molar-refractivity contribution in [2.45, 2.75) is 6.54 Å². The molecule has 0 aliphatic heterocycles. The Hall–Kier alpha value is -1.14. The molecule has 1 amide bonds. The summed E-state index contributed by atoms with van der Waals surface area (Å²) in [7, 11) is 0. The number of amides is 1. The molecule has 0 spiro atoms. The number of nitrogens with one attached hydrogen (secondary N) is 1. The van der Waals surface area contributed by atoms with Gasteiger partial charge in [0.1, 0.15) is 0 Å². The fourth-order valence-electron chi connectivity index (χ4n) is 0.550. The molecular weight excluding hydrogens is 166 g/mol. The molecule has 0 fully saturated rings. The quantitative estimate of drug-likeness (QED) is 0.614. The average molecular weight is 173 g/mol. The Bertz CT molecular complexity index is 260. The van der Waals surface area contributed by atoms with E-state index in [0.717, 1.165) is 0 Å². The van der Waals surface area contributed by atoms with Gasteiger partial charge in [-0.3, -0.25) is 5.32 Å². The van der Waals surface area contributed by atoms with Crippen molar-refractivity contribution < 1.29 is 9.90 Å². The van der Waals surface area contributed by atoms with E-state index in [-0.39, 0.29) is 0 Å². The fourth-order valence-corrected chi connectivity index (χ4v) is 1.26. The second kappa shape index (κ2) is 3.31. The third kappa shape index (κ3) is 2.17. The molecule has 1 aromatic heterocycles. The topological polar surface area (TPSA) is 88.2 Å². The molecule has 0 radical (unpaired) electrons. The zero-order valence-electron chi connectivity index (χ0n) is 5.57. The van der Waals surface area contributed by atoms with E-state index in [9.17, 15) is 4.79 Å². The van der Waals surface area contributed by atoms with Crippen LogP contribution in [0.3, 0.4) is 0 Å². The monoisotopic (exact) mass is 173 g/mol. The minimum atomic E-state index is -1.11. The highest BCUT2D eigenvalue weighted by Gasteiger charge is 2.02. The molecule has 0 aromatic carbocycles. The van der Waals surface area contributed by atoms with E-state index in [1.165, 1.54) is 11.3 Å². The molecule has 1 aromatic rings. The van der Waals surface area contributed by atoms with Crippen molar-refractivity contribution in [1.29, 1.82) is 0 Å². The van der Waals surface area contributed by atoms with Crippen LogP contribution in [0, 0.1) is 0 Å². The predicted octanol–water partition coefficient (Wildman–Crippen LogP) is 0.692. The molecule has 5 nitrogen and oxygen atoms in total. The summed E-state index contributed by atoms with van der Waals surface area (Å²) in [4.78, 5) is 14.0. The Morgan fingerprint density at radius 2 is 2.64 bits per heavy atom. The zero-order valence-corrected chi connectivity index (χ0v) is 6.39. The number of carbonyl (C=O) groups is 1. The third-order valence-corrected chi connectivity index (χ3v) is 1.78. The summed E-state index contributed by atoms with van der Waals surface area (Å²) in [5.41, 5.74) is 5.96. The van der Waals surface area contributed by atoms with Gasteiger partial charge >= 0.3 is 6.09 Å². The van der Waals surface area contributed by atoms with Crippen LogP contribution in [0.15, 0.2) is 5.38 Å². The van der Waals surface area contributed by atoms with Crippen molar-refractivity contribution >= 4 is 22.6 Å². The smallest absolute Gasteiger partial charge is 0.410 e. The first-order valence-electron chi connectivity index (χ1n) is 2.87. The van der Waals surface area contributed by atoms with Gasteiger partial charge in [0.2, 0.25) is 0 Å². The summed E-state index contributed by atoms with van der Waals surface area (Å²) >= 11 is 1.22. The van der Waals surface area contributed by atoms with Crippen molar-refractivity contribution in [3.8, 4) is 0 Å². The van der Waals surface area contributed by atoms with Gasteiger partial charge in [-0.15, -0.1) is 11.3 Å². The maximum absolute atomic E-state index is 10.1. The first kappa shape index (κ1) is 7.96. The zero-order chi connectivity index (χ0) is 8.27. The molecule has 4 N–H and O–H groups in total. The van der Waals surface area contributed by atoms with E-state index < -0.39 is 6.09 Å². The fraction of sp³-hybridized carbons (Fsp3) is 0.200. The van der Waals surface area contributed by atoms with Gasteiger partial charge in [0.25, 0.3) is 0 Å². The molecule has 6 heteroatoms. The molecule has 0 aliphatic carbocycles. The summed E-state index contributed by atoms with van der Waals surface area (Å²) in [6.07, 6.45) is -1.11. The molecule has 1 rings (SSSR count). The number of nitrogens with two attached hydrogens (primary N) is 1. The Morgan fingerprint density at radius 3 is 3.09 bits per heavy atom. The largest absolute Gasteiger partial charge is 0.465 e. The van der Waals surface area contributed by atoms with E-state index >= 15 is 0 Å². The molecule has 60 valence electrons. The number of nitrogens with zero attached hydrogens (tertiary/aromatic N) is 1. The average Bonchev–Trinajstić information content (AvgIpc) is 2.34. The molecule has 0 bridgehead atoms. The molecule has 11 heavy (non-hydrogen) atoms. The first-order valence-corrected chi connectivity index (χ1v) is 3.74. The van der Waals surface area contributed by atoms with Crippen LogP contribution in [0.4, 0.5) is 9.93 Å². The third-order valence-electron chi connectivity index (χ3n) is 0.975. The standard InChI is InChI=1S/C5H7N3O2S/c6-1-3-2-11-4(7-3)8-5(9)10/h2H,1,6H2,(H,7,8)(H,9,10). The van der Waals surface area contributed by atoms with Gasteiger partial charge in [-0.25, -0.2) is 9.78 Å². The number of hydrogen-bond donors (Lipinski definition) is 3. The minimum Gasteiger partial charge on any atom is -0.465 e. The Kier molecular flexibility index (Phi) is 2.40. The van der Waals surface area contributed by atoms with Crippen LogP contribution in [0.25, 0.3) is 0 Å². The lowest BCUT2D eigenvalue weighted by Gasteiger charge is -1.90. The summed E-state index contributed by atoms with van der Waals surface area (Å²) in [6, 6.07) is 0. The lowest BCUT2D eigenvalue weighted by Crippen LogP contribution is -2.07. The highest BCUT2D eigenvalue weighted by Crippen LogP contribution is 2.14. The Labute approximate surface area is 66.9 Å². The van der Waals surface area contributed by atoms with Gasteiger partial charge in [0.15, 0.2) is 5.13 Å². The highest BCUT2D eigenvalue weighted by atomic mass is 32.1. The van der Waals surface area contributed by atoms with E-state index in [2.05, 4.69) is 10.3 Å². The van der Waals surface area contributed by atoms with Crippen molar-refractivity contribution in [2.24, 2.45) is 5.73 Å². The van der Waals surface area contributed by atoms with E-state index in [0.29, 0.717) is 17.4 Å². The molecule has 0 atom stereocenters. The predicted molar refractivity (Wildman–Crippen MR) is 41.7 cm³/mol. The van der Waals surface area contributed by atoms with Crippen LogP contribution >= 0.6 is 11.3 Å². The highest BCUT2D eigenvalue weighted by molar-refractivity contribution is 7.13. The van der Waals surface area contributed by atoms with Gasteiger partial charge in [-0.2, -0.15) is 0 Å². The first-order chi connectivity index (χ1) is 5.22. The lowest BCUT2D eigenvalue weighted by atomic mass is 10.5. The number of thiazole rings is 1. The molecule has 0 unspecified atom stereocenters. The van der Waals surface area contributed by atoms with Crippen LogP contribution in [0.2, 0.25) is 0 Å². The van der Waals surface area contributed by atoms with Crippen LogP contribution in [-0.2, 0) is 6.54 Å². The van der Waals surface area contributed by atoms with Gasteiger partial charge in [-0.05, 0) is 0 Å². The van der Waals surface area contributed by atoms with Crippen molar-refractivity contribution in [3.05, 3.63) is 11.1 Å². The van der Waals surface area contributed by atoms with Crippen molar-refractivity contribution in [2.75, 3.05) is 5.32 Å². The summed E-state index contributed by atoms with van der Waals surface area (Å²) in [5.74, 6) is 0. The lowest BCUT2D eigenvalue weighted by molar-refractivity contribution is 0.209. The maximum atomic E-state index is 10.1. The molecule has 0 saturated carbocycles. The summed E-state index contributed by atoms with van der Waals surface area (Å²) < 4.78 is 0. The number of anilines is 1. The Balaban J connectivity index is 2.65. The van der Waals surface area contributed by atoms with Crippen molar-refractivity contribution in [1.82, 2.24) is 4.98 Å². The SMILES string of the molecule is NCc1csc(NC(=O)O)n1. The van der Waals surface area contributed by atoms with Gasteiger partial charge in [0, 0.05) is 11.9 Å². The van der Waals surface area contributed by atoms with Gasteiger partial charge < -0.3 is 10.8 Å². The van der Waals surface area contributed by atoms with Crippen LogP contribution in [0.1, 0.15) is 5.69 Å². The second-order valence-corrected chi connectivity index (χ2v) is 2.64. The number of rotatable bonds is 2. The summed E-state index contributed by atoms with van der Waals surface area (Å²) in [6.45, 7) is 0.331. The second-order valence-electron chi connectivity index (χ2n) is 1.78. The van der Waals surface area contributed by atoms with Gasteiger partial charge in [0.05, 0.1) is 5.69 Å². The number of hydrogen-bond acceptors (Lipinski definition) is 4. The van der Waals surface area contributed by atoms with Crippen LogP contribution in [-0.4, -0.2) is 16.2 Å². The van der Waals surface area contributed by atoms with Crippen LogP contribution < -0.4 is 11.1 Å². The summed E-state index contributed by atoms with van der Waals surface area (Å²) in [5, 5.41) is 12.5. The molecule has 0 aliphatic rings. The molecule has 1 heterocycles. The van der Waals surface area contributed by atoms with Gasteiger partial charge in [-0.1, -0.05) is 0 Å². The molecular formula is C5H7N3O2S. The number of carboxylic acid groups (broad SMARTS) is 1. The normalized spacial score (nSPS) is 9.55. The van der Waals surface area contributed by atoms with E-state index in [4.69, 9.17) is 10.8 Å².